The summed E-state index contributed by atoms with van der Waals surface area (Å²) < 4.78 is 0. The molecule has 1 unspecified atom stereocenters. The van der Waals surface area contributed by atoms with Gasteiger partial charge in [-0.25, -0.2) is 0 Å². The minimum atomic E-state index is -1.05. The number of fused-ring (bicyclic) bond motifs is 1. The van der Waals surface area contributed by atoms with Gasteiger partial charge in [-0.3, -0.25) is 9.59 Å². The molecule has 0 radical (unpaired) electrons. The molecule has 5 nitrogen and oxygen atoms in total. The molecule has 0 saturated heterocycles. The number of anilines is 2. The summed E-state index contributed by atoms with van der Waals surface area (Å²) in [5.41, 5.74) is 1.05. The van der Waals surface area contributed by atoms with Crippen molar-refractivity contribution < 1.29 is 14.7 Å². The molecule has 0 aromatic heterocycles. The molecular weight excluding hydrogens is 267 g/mol. The molecule has 0 fully saturated rings. The number of carbonyl (C=O) groups is 2. The minimum absolute atomic E-state index is 0.300. The first-order valence-corrected chi connectivity index (χ1v) is 5.51. The van der Waals surface area contributed by atoms with Gasteiger partial charge >= 0.3 is 5.97 Å². The van der Waals surface area contributed by atoms with Crippen molar-refractivity contribution in [3.63, 3.8) is 0 Å². The van der Waals surface area contributed by atoms with E-state index >= 15 is 0 Å². The lowest BCUT2D eigenvalue weighted by Gasteiger charge is -2.26. The molecule has 1 aliphatic rings. The smallest absolute Gasteiger partial charge is 0.305 e. The van der Waals surface area contributed by atoms with E-state index in [2.05, 4.69) is 10.6 Å². The molecule has 1 atom stereocenters. The van der Waals surface area contributed by atoms with Gasteiger partial charge in [0.1, 0.15) is 6.04 Å². The van der Waals surface area contributed by atoms with Crippen LogP contribution in [0.2, 0.25) is 10.0 Å². The molecule has 3 N–H and O–H groups in total. The second-order valence-electron chi connectivity index (χ2n) is 3.60. The third-order valence-corrected chi connectivity index (χ3v) is 3.07. The van der Waals surface area contributed by atoms with Crippen LogP contribution < -0.4 is 10.6 Å². The van der Waals surface area contributed by atoms with Crippen molar-refractivity contribution in [1.29, 1.82) is 0 Å². The molecule has 2 rings (SSSR count). The number of carbonyl (C=O) groups excluding carboxylic acids is 1. The predicted molar refractivity (Wildman–Crippen MR) is 64.8 cm³/mol. The van der Waals surface area contributed by atoms with Crippen LogP contribution in [0.25, 0.3) is 0 Å². The van der Waals surface area contributed by atoms with E-state index in [-0.39, 0.29) is 6.42 Å². The summed E-state index contributed by atoms with van der Waals surface area (Å²) in [4.78, 5) is 22.2. The van der Waals surface area contributed by atoms with Crippen molar-refractivity contribution in [2.75, 3.05) is 10.6 Å². The second kappa shape index (κ2) is 4.43. The van der Waals surface area contributed by atoms with Gasteiger partial charge in [-0.05, 0) is 12.1 Å². The summed E-state index contributed by atoms with van der Waals surface area (Å²) in [6.07, 6.45) is -0.300. The fourth-order valence-electron chi connectivity index (χ4n) is 1.56. The summed E-state index contributed by atoms with van der Waals surface area (Å²) in [6.45, 7) is 0. The van der Waals surface area contributed by atoms with Crippen molar-refractivity contribution in [3.05, 3.63) is 22.2 Å². The number of hydrogen-bond donors (Lipinski definition) is 3. The fourth-order valence-corrected chi connectivity index (χ4v) is 1.89. The van der Waals surface area contributed by atoms with E-state index in [1.807, 2.05) is 0 Å². The number of nitrogens with one attached hydrogen (secondary N) is 2. The first kappa shape index (κ1) is 12.0. The zero-order valence-corrected chi connectivity index (χ0v) is 9.97. The largest absolute Gasteiger partial charge is 0.481 e. The van der Waals surface area contributed by atoms with Crippen LogP contribution in [0.3, 0.4) is 0 Å². The molecule has 1 aromatic carbocycles. The standard InChI is InChI=1S/C10H8Cl2N2O3/c11-4-1-6-7(2-5(4)12)14-10(17)8(13-6)3-9(15)16/h1-2,8,13H,3H2,(H,14,17)(H,15,16). The van der Waals surface area contributed by atoms with E-state index in [0.29, 0.717) is 21.4 Å². The highest BCUT2D eigenvalue weighted by Gasteiger charge is 2.27. The Kier molecular flexibility index (Phi) is 3.13. The number of benzene rings is 1. The van der Waals surface area contributed by atoms with E-state index in [1.54, 1.807) is 6.07 Å². The zero-order valence-electron chi connectivity index (χ0n) is 8.46. The minimum Gasteiger partial charge on any atom is -0.481 e. The van der Waals surface area contributed by atoms with E-state index in [4.69, 9.17) is 28.3 Å². The molecule has 0 spiro atoms. The normalized spacial score (nSPS) is 18.0. The van der Waals surface area contributed by atoms with Crippen LogP contribution in [-0.2, 0) is 9.59 Å². The van der Waals surface area contributed by atoms with Gasteiger partial charge in [0.25, 0.3) is 0 Å². The average molecular weight is 275 g/mol. The van der Waals surface area contributed by atoms with Crippen molar-refractivity contribution in [2.24, 2.45) is 0 Å². The van der Waals surface area contributed by atoms with E-state index < -0.39 is 17.9 Å². The van der Waals surface area contributed by atoms with Crippen LogP contribution in [0.15, 0.2) is 12.1 Å². The van der Waals surface area contributed by atoms with E-state index in [1.165, 1.54) is 6.07 Å². The molecule has 1 heterocycles. The number of carboxylic acid groups (broad SMARTS) is 1. The lowest BCUT2D eigenvalue weighted by atomic mass is 10.1. The van der Waals surface area contributed by atoms with Gasteiger partial charge in [0.05, 0.1) is 27.8 Å². The summed E-state index contributed by atoms with van der Waals surface area (Å²) in [6, 6.07) is 2.26. The van der Waals surface area contributed by atoms with Crippen molar-refractivity contribution in [1.82, 2.24) is 0 Å². The van der Waals surface area contributed by atoms with Gasteiger partial charge in [0.15, 0.2) is 0 Å². The fraction of sp³-hybridized carbons (Fsp3) is 0.200. The first-order valence-electron chi connectivity index (χ1n) is 4.75. The van der Waals surface area contributed by atoms with Crippen LogP contribution in [0.5, 0.6) is 0 Å². The lowest BCUT2D eigenvalue weighted by molar-refractivity contribution is -0.138. The van der Waals surface area contributed by atoms with Crippen LogP contribution in [0, 0.1) is 0 Å². The molecular formula is C10H8Cl2N2O3. The molecule has 1 aromatic rings. The highest BCUT2D eigenvalue weighted by Crippen LogP contribution is 2.35. The molecule has 1 aliphatic heterocycles. The number of halogens is 2. The predicted octanol–water partition coefficient (Wildman–Crippen LogP) is 2.20. The molecule has 7 heteroatoms. The van der Waals surface area contributed by atoms with Gasteiger partial charge in [-0.2, -0.15) is 0 Å². The highest BCUT2D eigenvalue weighted by molar-refractivity contribution is 6.42. The molecule has 1 amide bonds. The summed E-state index contributed by atoms with van der Waals surface area (Å²) in [5, 5.41) is 14.7. The molecule has 17 heavy (non-hydrogen) atoms. The molecule has 90 valence electrons. The van der Waals surface area contributed by atoms with Crippen LogP contribution in [-0.4, -0.2) is 23.0 Å². The number of rotatable bonds is 2. The zero-order chi connectivity index (χ0) is 12.6. The van der Waals surface area contributed by atoms with Gasteiger partial charge in [0, 0.05) is 0 Å². The van der Waals surface area contributed by atoms with Gasteiger partial charge in [-0.1, -0.05) is 23.2 Å². The van der Waals surface area contributed by atoms with Crippen molar-refractivity contribution >= 4 is 46.5 Å². The number of aliphatic carboxylic acids is 1. The Hall–Kier alpha value is -1.46. The number of hydrogen-bond acceptors (Lipinski definition) is 3. The quantitative estimate of drug-likeness (QED) is 0.773. The van der Waals surface area contributed by atoms with Crippen molar-refractivity contribution in [2.45, 2.75) is 12.5 Å². The number of amides is 1. The van der Waals surface area contributed by atoms with Crippen LogP contribution in [0.4, 0.5) is 11.4 Å². The Morgan fingerprint density at radius 3 is 2.47 bits per heavy atom. The summed E-state index contributed by atoms with van der Waals surface area (Å²) in [5.74, 6) is -1.46. The first-order chi connectivity index (χ1) is 7.97. The summed E-state index contributed by atoms with van der Waals surface area (Å²) in [7, 11) is 0. The van der Waals surface area contributed by atoms with E-state index in [0.717, 1.165) is 0 Å². The third-order valence-electron chi connectivity index (χ3n) is 2.34. The SMILES string of the molecule is O=C(O)CC1Nc2cc(Cl)c(Cl)cc2NC1=O. The highest BCUT2D eigenvalue weighted by atomic mass is 35.5. The van der Waals surface area contributed by atoms with Gasteiger partial charge < -0.3 is 15.7 Å². The average Bonchev–Trinajstić information content (AvgIpc) is 2.22. The Labute approximate surface area is 107 Å². The van der Waals surface area contributed by atoms with Gasteiger partial charge in [0.2, 0.25) is 5.91 Å². The maximum Gasteiger partial charge on any atom is 0.305 e. The summed E-state index contributed by atoms with van der Waals surface area (Å²) >= 11 is 11.6. The number of carboxylic acids is 1. The molecule has 0 aliphatic carbocycles. The van der Waals surface area contributed by atoms with Crippen LogP contribution in [0.1, 0.15) is 6.42 Å². The second-order valence-corrected chi connectivity index (χ2v) is 4.41. The topological polar surface area (TPSA) is 78.4 Å². The van der Waals surface area contributed by atoms with Crippen molar-refractivity contribution in [3.8, 4) is 0 Å². The molecule has 0 saturated carbocycles. The maximum absolute atomic E-state index is 11.6. The Morgan fingerprint density at radius 2 is 1.88 bits per heavy atom. The lowest BCUT2D eigenvalue weighted by Crippen LogP contribution is -2.40. The Balaban J connectivity index is 2.31. The third kappa shape index (κ3) is 2.45. The Bertz CT molecular complexity index is 505. The maximum atomic E-state index is 11.6. The van der Waals surface area contributed by atoms with Crippen LogP contribution >= 0.6 is 23.2 Å². The Morgan fingerprint density at radius 1 is 1.29 bits per heavy atom. The van der Waals surface area contributed by atoms with Gasteiger partial charge in [-0.15, -0.1) is 0 Å². The van der Waals surface area contributed by atoms with E-state index in [9.17, 15) is 9.59 Å². The monoisotopic (exact) mass is 274 g/mol. The molecule has 0 bridgehead atoms.